The van der Waals surface area contributed by atoms with Crippen molar-refractivity contribution in [1.29, 1.82) is 0 Å². The first-order chi connectivity index (χ1) is 9.79. The molecule has 2 aromatic carbocycles. The van der Waals surface area contributed by atoms with Crippen molar-refractivity contribution in [2.75, 3.05) is 5.32 Å². The van der Waals surface area contributed by atoms with Crippen LogP contribution in [0.25, 0.3) is 0 Å². The zero-order valence-corrected chi connectivity index (χ0v) is 13.5. The number of benzene rings is 2. The van der Waals surface area contributed by atoms with Gasteiger partial charge in [0.05, 0.1) is 21.6 Å². The maximum Gasteiger partial charge on any atom is 0.238 e. The van der Waals surface area contributed by atoms with E-state index in [0.717, 1.165) is 5.56 Å². The lowest BCUT2D eigenvalue weighted by Crippen LogP contribution is -2.13. The van der Waals surface area contributed by atoms with E-state index in [-0.39, 0.29) is 10.9 Å². The van der Waals surface area contributed by atoms with Crippen LogP contribution >= 0.6 is 23.2 Å². The molecule has 7 heteroatoms. The fraction of sp³-hybridized carbons (Fsp3) is 0.143. The Morgan fingerprint density at radius 2 is 1.76 bits per heavy atom. The highest BCUT2D eigenvalue weighted by atomic mass is 35.5. The smallest absolute Gasteiger partial charge is 0.238 e. The van der Waals surface area contributed by atoms with Gasteiger partial charge in [-0.3, -0.25) is 0 Å². The van der Waals surface area contributed by atoms with Gasteiger partial charge in [0.1, 0.15) is 0 Å². The van der Waals surface area contributed by atoms with Crippen LogP contribution in [0.1, 0.15) is 18.5 Å². The Morgan fingerprint density at radius 1 is 1.10 bits per heavy atom. The van der Waals surface area contributed by atoms with E-state index in [4.69, 9.17) is 28.3 Å². The summed E-state index contributed by atoms with van der Waals surface area (Å²) in [6.45, 7) is 1.90. The van der Waals surface area contributed by atoms with E-state index in [1.54, 1.807) is 6.07 Å². The van der Waals surface area contributed by atoms with Crippen molar-refractivity contribution in [3.8, 4) is 0 Å². The first-order valence-corrected chi connectivity index (χ1v) is 8.42. The van der Waals surface area contributed by atoms with Crippen molar-refractivity contribution in [3.63, 3.8) is 0 Å². The van der Waals surface area contributed by atoms with Gasteiger partial charge in [-0.25, -0.2) is 13.6 Å². The van der Waals surface area contributed by atoms with E-state index < -0.39 is 10.0 Å². The highest BCUT2D eigenvalue weighted by Gasteiger charge is 2.14. The van der Waals surface area contributed by atoms with Crippen LogP contribution in [0.3, 0.4) is 0 Å². The molecule has 0 fully saturated rings. The first-order valence-electron chi connectivity index (χ1n) is 6.12. The molecule has 0 radical (unpaired) electrons. The van der Waals surface area contributed by atoms with Gasteiger partial charge in [-0.1, -0.05) is 41.4 Å². The highest BCUT2D eigenvalue weighted by Crippen LogP contribution is 2.30. The largest absolute Gasteiger partial charge is 0.377 e. The van der Waals surface area contributed by atoms with Crippen LogP contribution in [0.2, 0.25) is 10.0 Å². The lowest BCUT2D eigenvalue weighted by molar-refractivity contribution is 0.598. The quantitative estimate of drug-likeness (QED) is 0.885. The predicted molar refractivity (Wildman–Crippen MR) is 86.3 cm³/mol. The Kier molecular flexibility index (Phi) is 4.78. The second kappa shape index (κ2) is 6.23. The van der Waals surface area contributed by atoms with Crippen LogP contribution in [0.4, 0.5) is 5.69 Å². The first kappa shape index (κ1) is 16.1. The second-order valence-electron chi connectivity index (χ2n) is 4.57. The molecule has 0 aromatic heterocycles. The summed E-state index contributed by atoms with van der Waals surface area (Å²) in [6, 6.07) is 11.5. The third kappa shape index (κ3) is 3.89. The average molecular weight is 345 g/mol. The number of hydrogen-bond donors (Lipinski definition) is 2. The van der Waals surface area contributed by atoms with Gasteiger partial charge in [-0.15, -0.1) is 0 Å². The molecule has 0 heterocycles. The van der Waals surface area contributed by atoms with Crippen molar-refractivity contribution in [3.05, 3.63) is 58.1 Å². The molecular formula is C14H14Cl2N2O2S. The number of rotatable bonds is 4. The fourth-order valence-electron chi connectivity index (χ4n) is 1.93. The van der Waals surface area contributed by atoms with Crippen molar-refractivity contribution in [1.82, 2.24) is 0 Å². The molecule has 0 saturated heterocycles. The van der Waals surface area contributed by atoms with Gasteiger partial charge in [-0.05, 0) is 36.8 Å². The SMILES string of the molecule is CC(Nc1cc(S(N)(=O)=O)ccc1Cl)c1ccccc1Cl. The van der Waals surface area contributed by atoms with E-state index in [1.165, 1.54) is 18.2 Å². The maximum atomic E-state index is 11.4. The number of anilines is 1. The Balaban J connectivity index is 2.33. The molecule has 0 aliphatic rings. The summed E-state index contributed by atoms with van der Waals surface area (Å²) in [5.41, 5.74) is 1.37. The zero-order chi connectivity index (χ0) is 15.6. The number of primary sulfonamides is 1. The summed E-state index contributed by atoms with van der Waals surface area (Å²) in [4.78, 5) is 0.000702. The van der Waals surface area contributed by atoms with Gasteiger partial charge >= 0.3 is 0 Å². The van der Waals surface area contributed by atoms with Crippen LogP contribution in [0.5, 0.6) is 0 Å². The Labute approximate surface area is 133 Å². The van der Waals surface area contributed by atoms with E-state index in [0.29, 0.717) is 15.7 Å². The number of sulfonamides is 1. The molecule has 112 valence electrons. The van der Waals surface area contributed by atoms with Crippen LogP contribution in [-0.2, 0) is 10.0 Å². The van der Waals surface area contributed by atoms with Crippen LogP contribution < -0.4 is 10.5 Å². The predicted octanol–water partition coefficient (Wildman–Crippen LogP) is 3.81. The van der Waals surface area contributed by atoms with E-state index in [2.05, 4.69) is 5.32 Å². The van der Waals surface area contributed by atoms with E-state index >= 15 is 0 Å². The van der Waals surface area contributed by atoms with Gasteiger partial charge in [-0.2, -0.15) is 0 Å². The molecule has 0 saturated carbocycles. The molecule has 0 amide bonds. The van der Waals surface area contributed by atoms with Gasteiger partial charge < -0.3 is 5.32 Å². The highest BCUT2D eigenvalue weighted by molar-refractivity contribution is 7.89. The zero-order valence-electron chi connectivity index (χ0n) is 11.2. The summed E-state index contributed by atoms with van der Waals surface area (Å²) in [7, 11) is -3.78. The van der Waals surface area contributed by atoms with Gasteiger partial charge in [0.25, 0.3) is 0 Å². The van der Waals surface area contributed by atoms with Crippen molar-refractivity contribution < 1.29 is 8.42 Å². The molecule has 1 atom stereocenters. The molecule has 21 heavy (non-hydrogen) atoms. The lowest BCUT2D eigenvalue weighted by Gasteiger charge is -2.18. The summed E-state index contributed by atoms with van der Waals surface area (Å²) in [5, 5.41) is 9.29. The minimum Gasteiger partial charge on any atom is -0.377 e. The Hall–Kier alpha value is -1.27. The molecule has 2 rings (SSSR count). The van der Waals surface area contributed by atoms with Crippen molar-refractivity contribution in [2.45, 2.75) is 17.9 Å². The Bertz CT molecular complexity index is 763. The molecule has 4 nitrogen and oxygen atoms in total. The van der Waals surface area contributed by atoms with E-state index in [9.17, 15) is 8.42 Å². The summed E-state index contributed by atoms with van der Waals surface area (Å²) >= 11 is 12.2. The standard InChI is InChI=1S/C14H14Cl2N2O2S/c1-9(11-4-2-3-5-12(11)15)18-14-8-10(21(17,19)20)6-7-13(14)16/h2-9,18H,1H3,(H2,17,19,20). The molecule has 0 spiro atoms. The van der Waals surface area contributed by atoms with Crippen LogP contribution in [0.15, 0.2) is 47.4 Å². The summed E-state index contributed by atoms with van der Waals surface area (Å²) in [6.07, 6.45) is 0. The minimum atomic E-state index is -3.78. The Morgan fingerprint density at radius 3 is 2.38 bits per heavy atom. The van der Waals surface area contributed by atoms with Crippen LogP contribution in [-0.4, -0.2) is 8.42 Å². The normalized spacial score (nSPS) is 13.0. The van der Waals surface area contributed by atoms with Gasteiger partial charge in [0.2, 0.25) is 10.0 Å². The third-order valence-electron chi connectivity index (χ3n) is 3.01. The third-order valence-corrected chi connectivity index (χ3v) is 4.59. The van der Waals surface area contributed by atoms with Gasteiger partial charge in [0, 0.05) is 5.02 Å². The molecule has 0 aliphatic carbocycles. The molecule has 0 aliphatic heterocycles. The number of nitrogens with two attached hydrogens (primary N) is 1. The second-order valence-corrected chi connectivity index (χ2v) is 6.95. The van der Waals surface area contributed by atoms with Crippen molar-refractivity contribution in [2.24, 2.45) is 5.14 Å². The molecule has 0 bridgehead atoms. The summed E-state index contributed by atoms with van der Waals surface area (Å²) < 4.78 is 22.8. The van der Waals surface area contributed by atoms with Crippen LogP contribution in [0, 0.1) is 0 Å². The van der Waals surface area contributed by atoms with Gasteiger partial charge in [0.15, 0.2) is 0 Å². The topological polar surface area (TPSA) is 72.2 Å². The number of nitrogens with one attached hydrogen (secondary N) is 1. The maximum absolute atomic E-state index is 11.4. The number of halogens is 2. The van der Waals surface area contributed by atoms with Crippen molar-refractivity contribution >= 4 is 38.9 Å². The number of hydrogen-bond acceptors (Lipinski definition) is 3. The summed E-state index contributed by atoms with van der Waals surface area (Å²) in [5.74, 6) is 0. The average Bonchev–Trinajstić information content (AvgIpc) is 2.40. The molecule has 3 N–H and O–H groups in total. The minimum absolute atomic E-state index is 0.000702. The molecule has 1 unspecified atom stereocenters. The van der Waals surface area contributed by atoms with E-state index in [1.807, 2.05) is 25.1 Å². The molecular weight excluding hydrogens is 331 g/mol. The monoisotopic (exact) mass is 344 g/mol. The fourth-order valence-corrected chi connectivity index (χ4v) is 2.94. The lowest BCUT2D eigenvalue weighted by atomic mass is 10.1. The molecule has 2 aromatic rings.